The number of ether oxygens (including phenoxy) is 1. The van der Waals surface area contributed by atoms with Crippen LogP contribution in [0.1, 0.15) is 36.0 Å². The van der Waals surface area contributed by atoms with Crippen LogP contribution in [0.15, 0.2) is 176 Å². The quantitative estimate of drug-likeness (QED) is 0.163. The lowest BCUT2D eigenvalue weighted by Crippen LogP contribution is -2.25. The van der Waals surface area contributed by atoms with Gasteiger partial charge in [0.25, 0.3) is 0 Å². The van der Waals surface area contributed by atoms with E-state index in [9.17, 15) is 0 Å². The minimum absolute atomic E-state index is 0.0610. The van der Waals surface area contributed by atoms with E-state index in [4.69, 9.17) is 13.8 Å². The maximum Gasteiger partial charge on any atom is 0.137 e. The molecular formula is C51H43N5O. The molecule has 4 heterocycles. The van der Waals surface area contributed by atoms with Crippen LogP contribution in [-0.2, 0) is 5.41 Å². The Morgan fingerprint density at radius 3 is 2.00 bits per heavy atom. The molecule has 6 heteroatoms. The molecule has 0 bridgehead atoms. The highest BCUT2D eigenvalue weighted by Crippen LogP contribution is 2.42. The van der Waals surface area contributed by atoms with Crippen molar-refractivity contribution in [3.05, 3.63) is 187 Å². The van der Waals surface area contributed by atoms with Crippen molar-refractivity contribution >= 4 is 44.2 Å². The minimum atomic E-state index is -2.39. The molecular weight excluding hydrogens is 699 g/mol. The van der Waals surface area contributed by atoms with Gasteiger partial charge in [-0.05, 0) is 89.6 Å². The number of anilines is 2. The van der Waals surface area contributed by atoms with Crippen molar-refractivity contribution in [3.63, 3.8) is 0 Å². The van der Waals surface area contributed by atoms with Crippen molar-refractivity contribution < 1.29 is 8.85 Å². The molecule has 57 heavy (non-hydrogen) atoms. The number of aromatic nitrogens is 3. The van der Waals surface area contributed by atoms with Gasteiger partial charge >= 0.3 is 0 Å². The number of rotatable bonds is 7. The molecule has 0 saturated heterocycles. The summed E-state index contributed by atoms with van der Waals surface area (Å²) in [6.07, 6.45) is 5.91. The van der Waals surface area contributed by atoms with Crippen molar-refractivity contribution in [1.82, 2.24) is 14.1 Å². The molecule has 0 fully saturated rings. The summed E-state index contributed by atoms with van der Waals surface area (Å²) in [7, 11) is 0. The number of aryl methyl sites for hydroxylation is 1. The average molecular weight is 745 g/mol. The lowest BCUT2D eigenvalue weighted by Gasteiger charge is -2.24. The smallest absolute Gasteiger partial charge is 0.137 e. The predicted molar refractivity (Wildman–Crippen MR) is 236 cm³/mol. The Kier molecular flexibility index (Phi) is 7.44. The van der Waals surface area contributed by atoms with Gasteiger partial charge in [-0.25, -0.2) is 4.98 Å². The Morgan fingerprint density at radius 2 is 1.23 bits per heavy atom. The maximum absolute atomic E-state index is 8.64. The van der Waals surface area contributed by atoms with Gasteiger partial charge < -0.3 is 19.1 Å². The van der Waals surface area contributed by atoms with Gasteiger partial charge in [0, 0.05) is 68.2 Å². The van der Waals surface area contributed by atoms with Crippen LogP contribution < -0.4 is 14.5 Å². The first kappa shape index (κ1) is 31.2. The second-order valence-corrected chi connectivity index (χ2v) is 15.6. The summed E-state index contributed by atoms with van der Waals surface area (Å²) < 4.78 is 37.0. The highest BCUT2D eigenvalue weighted by Gasteiger charge is 2.24. The molecule has 0 amide bonds. The summed E-state index contributed by atoms with van der Waals surface area (Å²) in [6, 6.07) is 53.0. The molecule has 278 valence electrons. The van der Waals surface area contributed by atoms with E-state index in [1.54, 1.807) is 12.3 Å². The number of pyridine rings is 1. The van der Waals surface area contributed by atoms with Gasteiger partial charge in [0.15, 0.2) is 0 Å². The lowest BCUT2D eigenvalue weighted by atomic mass is 9.87. The number of hydrogen-bond acceptors (Lipinski definition) is 4. The standard InChI is InChI=1S/C51H43N5O/c1-35-29-48(52-33-45(35)36-15-7-5-8-16-36)56-47-32-42(25-26-44(47)49-50(56)43-23-11-12-24-46(43)55(49)38-18-9-6-10-19-38)57-41-22-14-21-40(31-41)54-28-27-53(34-54)39-20-13-17-37(30-39)51(2,3)4/h5-33H,34H2,1-4H3/i1D3. The van der Waals surface area contributed by atoms with E-state index in [1.807, 2.05) is 84.9 Å². The molecule has 10 rings (SSSR count). The Balaban J connectivity index is 1.09. The molecule has 0 aliphatic carbocycles. The Labute approximate surface area is 337 Å². The van der Waals surface area contributed by atoms with Crippen LogP contribution in [0.25, 0.3) is 55.5 Å². The van der Waals surface area contributed by atoms with Crippen LogP contribution in [-0.4, -0.2) is 20.8 Å². The fraction of sp³-hybridized carbons (Fsp3) is 0.118. The molecule has 9 aromatic rings. The van der Waals surface area contributed by atoms with Crippen LogP contribution in [0.2, 0.25) is 0 Å². The monoisotopic (exact) mass is 744 g/mol. The third-order valence-corrected chi connectivity index (χ3v) is 10.9. The van der Waals surface area contributed by atoms with E-state index in [-0.39, 0.29) is 11.0 Å². The van der Waals surface area contributed by atoms with Crippen LogP contribution in [0, 0.1) is 6.85 Å². The Bertz CT molecular complexity index is 3090. The van der Waals surface area contributed by atoms with Crippen molar-refractivity contribution in [2.24, 2.45) is 0 Å². The molecule has 3 aromatic heterocycles. The normalized spacial score (nSPS) is 14.1. The zero-order valence-electron chi connectivity index (χ0n) is 35.1. The van der Waals surface area contributed by atoms with Gasteiger partial charge in [0.1, 0.15) is 17.3 Å². The largest absolute Gasteiger partial charge is 0.457 e. The second kappa shape index (κ2) is 13.6. The zero-order chi connectivity index (χ0) is 41.2. The molecule has 0 N–H and O–H groups in total. The highest BCUT2D eigenvalue weighted by molar-refractivity contribution is 6.20. The molecule has 1 aliphatic rings. The predicted octanol–water partition coefficient (Wildman–Crippen LogP) is 12.9. The molecule has 6 aromatic carbocycles. The van der Waals surface area contributed by atoms with E-state index in [0.29, 0.717) is 29.5 Å². The van der Waals surface area contributed by atoms with E-state index in [1.165, 1.54) is 5.56 Å². The molecule has 0 atom stereocenters. The maximum atomic E-state index is 8.64. The number of nitrogens with zero attached hydrogens (tertiary/aromatic N) is 5. The first-order chi connectivity index (χ1) is 29.0. The van der Waals surface area contributed by atoms with E-state index in [2.05, 4.69) is 119 Å². The zero-order valence-corrected chi connectivity index (χ0v) is 32.1. The second-order valence-electron chi connectivity index (χ2n) is 15.6. The summed E-state index contributed by atoms with van der Waals surface area (Å²) in [4.78, 5) is 9.48. The number of fused-ring (bicyclic) bond motifs is 5. The Hall–Kier alpha value is -7.05. The van der Waals surface area contributed by atoms with Crippen LogP contribution >= 0.6 is 0 Å². The highest BCUT2D eigenvalue weighted by atomic mass is 16.5. The van der Waals surface area contributed by atoms with Crippen molar-refractivity contribution in [2.45, 2.75) is 33.0 Å². The minimum Gasteiger partial charge on any atom is -0.457 e. The van der Waals surface area contributed by atoms with Crippen LogP contribution in [0.3, 0.4) is 0 Å². The first-order valence-corrected chi connectivity index (χ1v) is 19.3. The first-order valence-electron chi connectivity index (χ1n) is 20.8. The van der Waals surface area contributed by atoms with Crippen LogP contribution in [0.5, 0.6) is 11.5 Å². The molecule has 0 unspecified atom stereocenters. The summed E-state index contributed by atoms with van der Waals surface area (Å²) >= 11 is 0. The molecule has 6 nitrogen and oxygen atoms in total. The van der Waals surface area contributed by atoms with Crippen molar-refractivity contribution in [2.75, 3.05) is 16.5 Å². The van der Waals surface area contributed by atoms with E-state index >= 15 is 0 Å². The summed E-state index contributed by atoms with van der Waals surface area (Å²) in [6.45, 7) is 5.00. The van der Waals surface area contributed by atoms with Gasteiger partial charge in [-0.2, -0.15) is 0 Å². The number of benzene rings is 6. The number of para-hydroxylation sites is 2. The van der Waals surface area contributed by atoms with Gasteiger partial charge in [-0.3, -0.25) is 4.57 Å². The molecule has 0 saturated carbocycles. The third kappa shape index (κ3) is 6.10. The molecule has 0 spiro atoms. The summed E-state index contributed by atoms with van der Waals surface area (Å²) in [5, 5.41) is 2.00. The average Bonchev–Trinajstić information content (AvgIpc) is 3.97. The van der Waals surface area contributed by atoms with Gasteiger partial charge in [-0.15, -0.1) is 0 Å². The fourth-order valence-electron chi connectivity index (χ4n) is 8.04. The lowest BCUT2D eigenvalue weighted by molar-refractivity contribution is 0.483. The summed E-state index contributed by atoms with van der Waals surface area (Å²) in [5.74, 6) is 1.85. The fourth-order valence-corrected chi connectivity index (χ4v) is 8.04. The molecule has 0 radical (unpaired) electrons. The van der Waals surface area contributed by atoms with Crippen molar-refractivity contribution in [3.8, 4) is 34.1 Å². The van der Waals surface area contributed by atoms with E-state index < -0.39 is 6.85 Å². The topological polar surface area (TPSA) is 38.5 Å². The summed E-state index contributed by atoms with van der Waals surface area (Å²) in [5.41, 5.74) is 9.97. The van der Waals surface area contributed by atoms with Crippen LogP contribution in [0.4, 0.5) is 11.4 Å². The van der Waals surface area contributed by atoms with Crippen molar-refractivity contribution in [1.29, 1.82) is 0 Å². The number of hydrogen-bond donors (Lipinski definition) is 0. The van der Waals surface area contributed by atoms with Gasteiger partial charge in [0.2, 0.25) is 0 Å². The van der Waals surface area contributed by atoms with Gasteiger partial charge in [0.05, 0.1) is 28.7 Å². The molecule has 1 aliphatic heterocycles. The van der Waals surface area contributed by atoms with Gasteiger partial charge in [-0.1, -0.05) is 106 Å². The SMILES string of the molecule is [2H]C([2H])([2H])c1cc(-n2c3cc(Oc4cccc(N5C=CN(c6cccc(C(C)(C)C)c6)C5)c4)ccc3c3c2c2ccccc2n3-c2ccccc2)ncc1-c1ccccc1. The third-order valence-electron chi connectivity index (χ3n) is 10.9. The van der Waals surface area contributed by atoms with E-state index in [0.717, 1.165) is 55.5 Å². The Morgan fingerprint density at radius 1 is 0.579 bits per heavy atom.